The van der Waals surface area contributed by atoms with E-state index in [0.717, 1.165) is 6.42 Å². The number of hydrogen-bond donors (Lipinski definition) is 0. The number of allylic oxidation sites excluding steroid dienone is 5. The van der Waals surface area contributed by atoms with E-state index in [0.29, 0.717) is 11.8 Å². The van der Waals surface area contributed by atoms with Crippen molar-refractivity contribution in [2.75, 3.05) is 0 Å². The molecule has 0 nitrogen and oxygen atoms in total. The van der Waals surface area contributed by atoms with E-state index in [1.54, 1.807) is 0 Å². The molecular formula is C13H19B. The van der Waals surface area contributed by atoms with Gasteiger partial charge < -0.3 is 0 Å². The van der Waals surface area contributed by atoms with E-state index < -0.39 is 0 Å². The quantitative estimate of drug-likeness (QED) is 0.577. The predicted molar refractivity (Wildman–Crippen MR) is 64.5 cm³/mol. The van der Waals surface area contributed by atoms with Crippen LogP contribution in [-0.4, -0.2) is 7.85 Å². The van der Waals surface area contributed by atoms with Gasteiger partial charge in [-0.2, -0.15) is 0 Å². The van der Waals surface area contributed by atoms with Gasteiger partial charge in [-0.1, -0.05) is 57.0 Å². The van der Waals surface area contributed by atoms with E-state index in [1.807, 2.05) is 6.08 Å². The van der Waals surface area contributed by atoms with Crippen LogP contribution in [0.2, 0.25) is 5.31 Å². The Morgan fingerprint density at radius 2 is 2.21 bits per heavy atom. The second-order valence-corrected chi connectivity index (χ2v) is 4.83. The van der Waals surface area contributed by atoms with Crippen LogP contribution in [0, 0.1) is 11.8 Å². The summed E-state index contributed by atoms with van der Waals surface area (Å²) in [7, 11) is 6.16. The lowest BCUT2D eigenvalue weighted by atomic mass is 9.60. The van der Waals surface area contributed by atoms with Gasteiger partial charge in [-0.15, -0.1) is 0 Å². The highest BCUT2D eigenvalue weighted by Gasteiger charge is 2.27. The van der Waals surface area contributed by atoms with E-state index >= 15 is 0 Å². The molecule has 0 bridgehead atoms. The van der Waals surface area contributed by atoms with Crippen LogP contribution in [0.3, 0.4) is 0 Å². The van der Waals surface area contributed by atoms with Gasteiger partial charge in [-0.25, -0.2) is 0 Å². The largest absolute Gasteiger partial charge is 0.0985 e. The van der Waals surface area contributed by atoms with Gasteiger partial charge in [0.1, 0.15) is 0 Å². The van der Waals surface area contributed by atoms with Crippen LogP contribution >= 0.6 is 0 Å². The maximum absolute atomic E-state index is 6.16. The maximum atomic E-state index is 6.16. The Hall–Kier alpha value is -0.715. The zero-order chi connectivity index (χ0) is 10.8. The molecule has 2 radical (unpaired) electrons. The van der Waals surface area contributed by atoms with E-state index in [1.165, 1.54) is 5.57 Å². The molecule has 0 saturated carbocycles. The molecular weight excluding hydrogens is 167 g/mol. The fourth-order valence-electron chi connectivity index (χ4n) is 2.07. The van der Waals surface area contributed by atoms with Crippen molar-refractivity contribution in [3.8, 4) is 0 Å². The third-order valence-corrected chi connectivity index (χ3v) is 2.93. The minimum Gasteiger partial charge on any atom is -0.0985 e. The van der Waals surface area contributed by atoms with Crippen molar-refractivity contribution >= 4 is 7.85 Å². The third kappa shape index (κ3) is 2.63. The predicted octanol–water partition coefficient (Wildman–Crippen LogP) is 3.68. The van der Waals surface area contributed by atoms with Crippen molar-refractivity contribution in [3.05, 3.63) is 36.5 Å². The molecule has 0 aromatic heterocycles. The minimum absolute atomic E-state index is 0.139. The van der Waals surface area contributed by atoms with Crippen LogP contribution < -0.4 is 0 Å². The highest BCUT2D eigenvalue weighted by atomic mass is 14.3. The standard InChI is InChI=1S/C13H19B/c1-5-11-7-6-10(2)12(9-8-11)13(3,4)14/h5,7-10,12H,1,6H2,2-4H3/t10-,12?/m1/s1. The highest BCUT2D eigenvalue weighted by molar-refractivity contribution is 6.15. The van der Waals surface area contributed by atoms with E-state index in [-0.39, 0.29) is 5.31 Å². The summed E-state index contributed by atoms with van der Waals surface area (Å²) >= 11 is 0. The molecule has 14 heavy (non-hydrogen) atoms. The average Bonchev–Trinajstić information content (AvgIpc) is 2.25. The molecule has 0 aromatic carbocycles. The van der Waals surface area contributed by atoms with Gasteiger partial charge in [0.25, 0.3) is 0 Å². The normalized spacial score (nSPS) is 28.1. The minimum atomic E-state index is -0.139. The van der Waals surface area contributed by atoms with Gasteiger partial charge in [-0.05, 0) is 23.8 Å². The fourth-order valence-corrected chi connectivity index (χ4v) is 2.07. The topological polar surface area (TPSA) is 0 Å². The maximum Gasteiger partial charge on any atom is 0.0746 e. The van der Waals surface area contributed by atoms with Gasteiger partial charge in [0.2, 0.25) is 0 Å². The zero-order valence-corrected chi connectivity index (χ0v) is 9.46. The van der Waals surface area contributed by atoms with Crippen molar-refractivity contribution in [2.24, 2.45) is 11.8 Å². The molecule has 1 unspecified atom stereocenters. The molecule has 1 aliphatic rings. The number of rotatable bonds is 2. The van der Waals surface area contributed by atoms with Gasteiger partial charge >= 0.3 is 0 Å². The van der Waals surface area contributed by atoms with Gasteiger partial charge in [0.15, 0.2) is 0 Å². The third-order valence-electron chi connectivity index (χ3n) is 2.93. The van der Waals surface area contributed by atoms with Gasteiger partial charge in [-0.3, -0.25) is 0 Å². The Kier molecular flexibility index (Phi) is 3.41. The van der Waals surface area contributed by atoms with E-state index in [9.17, 15) is 0 Å². The molecule has 0 fully saturated rings. The van der Waals surface area contributed by atoms with Crippen LogP contribution in [0.25, 0.3) is 0 Å². The molecule has 1 rings (SSSR count). The first kappa shape index (κ1) is 11.4. The summed E-state index contributed by atoms with van der Waals surface area (Å²) in [5.74, 6) is 1.04. The lowest BCUT2D eigenvalue weighted by Gasteiger charge is -2.32. The molecule has 1 aliphatic carbocycles. The first-order chi connectivity index (χ1) is 6.45. The average molecular weight is 186 g/mol. The molecule has 0 N–H and O–H groups in total. The van der Waals surface area contributed by atoms with Crippen molar-refractivity contribution in [2.45, 2.75) is 32.5 Å². The molecule has 0 heterocycles. The van der Waals surface area contributed by atoms with Crippen molar-refractivity contribution in [1.29, 1.82) is 0 Å². The second kappa shape index (κ2) is 4.21. The molecule has 0 spiro atoms. The van der Waals surface area contributed by atoms with Crippen molar-refractivity contribution in [1.82, 2.24) is 0 Å². The van der Waals surface area contributed by atoms with Crippen LogP contribution in [0.5, 0.6) is 0 Å². The Morgan fingerprint density at radius 1 is 1.57 bits per heavy atom. The second-order valence-electron chi connectivity index (χ2n) is 4.83. The summed E-state index contributed by atoms with van der Waals surface area (Å²) in [6.07, 6.45) is 9.58. The van der Waals surface area contributed by atoms with Crippen LogP contribution in [0.15, 0.2) is 36.5 Å². The molecule has 0 aromatic rings. The summed E-state index contributed by atoms with van der Waals surface area (Å²) in [5, 5.41) is -0.139. The molecule has 1 heteroatoms. The van der Waals surface area contributed by atoms with Crippen molar-refractivity contribution in [3.63, 3.8) is 0 Å². The molecule has 0 amide bonds. The summed E-state index contributed by atoms with van der Waals surface area (Å²) < 4.78 is 0. The van der Waals surface area contributed by atoms with Crippen molar-refractivity contribution < 1.29 is 0 Å². The monoisotopic (exact) mass is 186 g/mol. The zero-order valence-electron chi connectivity index (χ0n) is 9.46. The van der Waals surface area contributed by atoms with Gasteiger partial charge in [0.05, 0.1) is 7.85 Å². The summed E-state index contributed by atoms with van der Waals surface area (Å²) in [5.41, 5.74) is 1.21. The summed E-state index contributed by atoms with van der Waals surface area (Å²) in [6.45, 7) is 10.2. The molecule has 0 saturated heterocycles. The Morgan fingerprint density at radius 3 is 2.71 bits per heavy atom. The molecule has 0 aliphatic heterocycles. The Labute approximate surface area is 89.2 Å². The first-order valence-corrected chi connectivity index (χ1v) is 5.25. The van der Waals surface area contributed by atoms with Gasteiger partial charge in [0, 0.05) is 0 Å². The lowest BCUT2D eigenvalue weighted by Crippen LogP contribution is -2.21. The SMILES string of the molecule is [B]C(C)(C)C1C=CC(C=C)=CC[C@H]1C. The summed E-state index contributed by atoms with van der Waals surface area (Å²) in [6, 6.07) is 0. The smallest absolute Gasteiger partial charge is 0.0746 e. The van der Waals surface area contributed by atoms with Crippen LogP contribution in [0.1, 0.15) is 27.2 Å². The fraction of sp³-hybridized carbons (Fsp3) is 0.538. The molecule has 74 valence electrons. The Bertz CT molecular complexity index is 265. The van der Waals surface area contributed by atoms with E-state index in [2.05, 4.69) is 45.6 Å². The molecule has 2 atom stereocenters. The first-order valence-electron chi connectivity index (χ1n) is 5.25. The number of hydrogen-bond acceptors (Lipinski definition) is 0. The Balaban J connectivity index is 2.88. The lowest BCUT2D eigenvalue weighted by molar-refractivity contribution is 0.353. The van der Waals surface area contributed by atoms with Crippen LogP contribution in [0.4, 0.5) is 0 Å². The summed E-state index contributed by atoms with van der Waals surface area (Å²) in [4.78, 5) is 0. The highest BCUT2D eigenvalue weighted by Crippen LogP contribution is 2.40. The van der Waals surface area contributed by atoms with E-state index in [4.69, 9.17) is 7.85 Å². The van der Waals surface area contributed by atoms with Crippen LogP contribution in [-0.2, 0) is 0 Å².